The van der Waals surface area contributed by atoms with E-state index in [0.717, 1.165) is 5.57 Å². The summed E-state index contributed by atoms with van der Waals surface area (Å²) in [5.74, 6) is 0. The van der Waals surface area contributed by atoms with E-state index < -0.39 is 0 Å². The van der Waals surface area contributed by atoms with Crippen molar-refractivity contribution < 1.29 is 4.79 Å². The van der Waals surface area contributed by atoms with Crippen molar-refractivity contribution in [2.75, 3.05) is 0 Å². The molecular formula is C16H32N2O. The van der Waals surface area contributed by atoms with Crippen molar-refractivity contribution in [2.45, 2.75) is 73.9 Å². The van der Waals surface area contributed by atoms with Crippen LogP contribution in [0.25, 0.3) is 0 Å². The number of hydrogen-bond donors (Lipinski definition) is 2. The first-order chi connectivity index (χ1) is 8.14. The molecule has 0 aromatic carbocycles. The van der Waals surface area contributed by atoms with Crippen LogP contribution in [0.1, 0.15) is 62.3 Å². The molecule has 1 unspecified atom stereocenters. The summed E-state index contributed by atoms with van der Waals surface area (Å²) < 4.78 is 0. The van der Waals surface area contributed by atoms with Gasteiger partial charge >= 0.3 is 6.03 Å². The topological polar surface area (TPSA) is 41.1 Å². The first-order valence-corrected chi connectivity index (χ1v) is 6.92. The summed E-state index contributed by atoms with van der Waals surface area (Å²) in [6.07, 6.45) is 0. The van der Waals surface area contributed by atoms with Gasteiger partial charge in [0.1, 0.15) is 0 Å². The van der Waals surface area contributed by atoms with Gasteiger partial charge in [-0.05, 0) is 37.2 Å². The van der Waals surface area contributed by atoms with Gasteiger partial charge in [0, 0.05) is 5.54 Å². The van der Waals surface area contributed by atoms with Gasteiger partial charge in [-0.15, -0.1) is 0 Å². The molecule has 0 spiro atoms. The van der Waals surface area contributed by atoms with Crippen molar-refractivity contribution in [3.05, 3.63) is 12.2 Å². The number of amides is 2. The van der Waals surface area contributed by atoms with Gasteiger partial charge < -0.3 is 10.6 Å². The summed E-state index contributed by atoms with van der Waals surface area (Å²) >= 11 is 0. The molecule has 112 valence electrons. The Labute approximate surface area is 119 Å². The van der Waals surface area contributed by atoms with E-state index in [0.29, 0.717) is 0 Å². The highest BCUT2D eigenvalue weighted by Gasteiger charge is 2.34. The Hall–Kier alpha value is -0.990. The third-order valence-corrected chi connectivity index (χ3v) is 2.94. The number of urea groups is 1. The maximum atomic E-state index is 12.1. The summed E-state index contributed by atoms with van der Waals surface area (Å²) in [6.45, 7) is 22.8. The third-order valence-electron chi connectivity index (χ3n) is 2.94. The summed E-state index contributed by atoms with van der Waals surface area (Å²) in [6, 6.07) is -0.201. The van der Waals surface area contributed by atoms with E-state index in [-0.39, 0.29) is 28.4 Å². The lowest BCUT2D eigenvalue weighted by Crippen LogP contribution is -2.54. The van der Waals surface area contributed by atoms with Crippen LogP contribution in [0.15, 0.2) is 12.2 Å². The van der Waals surface area contributed by atoms with E-state index in [1.54, 1.807) is 0 Å². The highest BCUT2D eigenvalue weighted by molar-refractivity contribution is 5.75. The summed E-state index contributed by atoms with van der Waals surface area (Å²) in [4.78, 5) is 12.1. The Morgan fingerprint density at radius 3 is 1.63 bits per heavy atom. The lowest BCUT2D eigenvalue weighted by atomic mass is 9.73. The molecule has 0 aliphatic carbocycles. The lowest BCUT2D eigenvalue weighted by Gasteiger charge is -2.39. The zero-order valence-corrected chi connectivity index (χ0v) is 14.2. The van der Waals surface area contributed by atoms with Gasteiger partial charge in [0.15, 0.2) is 0 Å². The Morgan fingerprint density at radius 1 is 0.947 bits per heavy atom. The second-order valence-corrected chi connectivity index (χ2v) is 8.42. The SMILES string of the molecule is C=C(C(NC(=O)NC(C)(C)C)C(C)(C)C)C(C)(C)C. The van der Waals surface area contributed by atoms with E-state index in [9.17, 15) is 4.79 Å². The summed E-state index contributed by atoms with van der Waals surface area (Å²) in [7, 11) is 0. The monoisotopic (exact) mass is 268 g/mol. The van der Waals surface area contributed by atoms with Crippen LogP contribution in [-0.2, 0) is 0 Å². The molecule has 0 aromatic heterocycles. The quantitative estimate of drug-likeness (QED) is 0.727. The minimum Gasteiger partial charge on any atom is -0.334 e. The Bertz CT molecular complexity index is 337. The van der Waals surface area contributed by atoms with E-state index in [1.807, 2.05) is 20.8 Å². The first kappa shape index (κ1) is 18.0. The van der Waals surface area contributed by atoms with Crippen molar-refractivity contribution in [3.8, 4) is 0 Å². The van der Waals surface area contributed by atoms with Gasteiger partial charge in [-0.2, -0.15) is 0 Å². The van der Waals surface area contributed by atoms with Crippen molar-refractivity contribution in [3.63, 3.8) is 0 Å². The molecule has 0 heterocycles. The smallest absolute Gasteiger partial charge is 0.315 e. The Balaban J connectivity index is 5.02. The van der Waals surface area contributed by atoms with Gasteiger partial charge in [-0.25, -0.2) is 4.79 Å². The van der Waals surface area contributed by atoms with Crippen LogP contribution in [0, 0.1) is 10.8 Å². The number of carbonyl (C=O) groups excluding carboxylic acids is 1. The molecule has 19 heavy (non-hydrogen) atoms. The average molecular weight is 268 g/mol. The van der Waals surface area contributed by atoms with Gasteiger partial charge in [0.2, 0.25) is 0 Å². The van der Waals surface area contributed by atoms with Crippen LogP contribution in [-0.4, -0.2) is 17.6 Å². The molecule has 2 N–H and O–H groups in total. The number of hydrogen-bond acceptors (Lipinski definition) is 1. The highest BCUT2D eigenvalue weighted by atomic mass is 16.2. The lowest BCUT2D eigenvalue weighted by molar-refractivity contribution is 0.212. The van der Waals surface area contributed by atoms with Crippen molar-refractivity contribution in [2.24, 2.45) is 10.8 Å². The van der Waals surface area contributed by atoms with Crippen molar-refractivity contribution in [1.29, 1.82) is 0 Å². The molecule has 0 aromatic rings. The summed E-state index contributed by atoms with van der Waals surface area (Å²) in [5.41, 5.74) is 0.700. The zero-order valence-electron chi connectivity index (χ0n) is 14.2. The largest absolute Gasteiger partial charge is 0.334 e. The molecule has 0 rings (SSSR count). The molecule has 0 radical (unpaired) electrons. The first-order valence-electron chi connectivity index (χ1n) is 6.92. The average Bonchev–Trinajstić information content (AvgIpc) is 2.06. The fourth-order valence-electron chi connectivity index (χ4n) is 1.77. The van der Waals surface area contributed by atoms with Crippen molar-refractivity contribution >= 4 is 6.03 Å². The Morgan fingerprint density at radius 2 is 1.37 bits per heavy atom. The summed E-state index contributed by atoms with van der Waals surface area (Å²) in [5, 5.41) is 6.01. The second-order valence-electron chi connectivity index (χ2n) is 8.42. The predicted molar refractivity (Wildman–Crippen MR) is 83.3 cm³/mol. The normalized spacial score (nSPS) is 14.8. The van der Waals surface area contributed by atoms with Gasteiger partial charge in [0.25, 0.3) is 0 Å². The van der Waals surface area contributed by atoms with E-state index in [4.69, 9.17) is 0 Å². The number of nitrogens with one attached hydrogen (secondary N) is 2. The molecule has 0 saturated heterocycles. The maximum Gasteiger partial charge on any atom is 0.315 e. The zero-order chi connectivity index (χ0) is 15.6. The van der Waals surface area contributed by atoms with E-state index >= 15 is 0 Å². The van der Waals surface area contributed by atoms with Crippen LogP contribution in [0.4, 0.5) is 4.79 Å². The predicted octanol–water partition coefficient (Wildman–Crippen LogP) is 4.10. The van der Waals surface area contributed by atoms with Gasteiger partial charge in [-0.1, -0.05) is 48.1 Å². The van der Waals surface area contributed by atoms with Crippen LogP contribution >= 0.6 is 0 Å². The highest BCUT2D eigenvalue weighted by Crippen LogP contribution is 2.34. The fourth-order valence-corrected chi connectivity index (χ4v) is 1.77. The molecule has 0 fully saturated rings. The number of carbonyl (C=O) groups is 1. The minimum atomic E-state index is -0.240. The maximum absolute atomic E-state index is 12.1. The van der Waals surface area contributed by atoms with Crippen LogP contribution in [0.2, 0.25) is 0 Å². The van der Waals surface area contributed by atoms with Crippen LogP contribution in [0.3, 0.4) is 0 Å². The molecule has 3 heteroatoms. The standard InChI is InChI=1S/C16H32N2O/c1-11(14(2,3)4)12(15(5,6)7)17-13(19)18-16(8,9)10/h12H,1H2,2-10H3,(H2,17,18,19). The van der Waals surface area contributed by atoms with E-state index in [2.05, 4.69) is 58.8 Å². The fraction of sp³-hybridized carbons (Fsp3) is 0.812. The Kier molecular flexibility index (Phi) is 5.27. The molecular weight excluding hydrogens is 236 g/mol. The molecule has 0 aliphatic heterocycles. The van der Waals surface area contributed by atoms with Crippen LogP contribution < -0.4 is 10.6 Å². The van der Waals surface area contributed by atoms with Crippen LogP contribution in [0.5, 0.6) is 0 Å². The number of rotatable bonds is 2. The molecule has 3 nitrogen and oxygen atoms in total. The van der Waals surface area contributed by atoms with E-state index in [1.165, 1.54) is 0 Å². The van der Waals surface area contributed by atoms with Gasteiger partial charge in [-0.3, -0.25) is 0 Å². The minimum absolute atomic E-state index is 0.0348. The third kappa shape index (κ3) is 6.65. The molecule has 0 bridgehead atoms. The van der Waals surface area contributed by atoms with Gasteiger partial charge in [0.05, 0.1) is 6.04 Å². The molecule has 0 saturated carbocycles. The second kappa shape index (κ2) is 5.56. The molecule has 2 amide bonds. The molecule has 0 aliphatic rings. The van der Waals surface area contributed by atoms with Crippen molar-refractivity contribution in [1.82, 2.24) is 10.6 Å². The molecule has 1 atom stereocenters.